The van der Waals surface area contributed by atoms with Gasteiger partial charge in [-0.05, 0) is 30.5 Å². The Morgan fingerprint density at radius 1 is 1.11 bits per heavy atom. The van der Waals surface area contributed by atoms with Crippen LogP contribution >= 0.6 is 11.3 Å². The van der Waals surface area contributed by atoms with Gasteiger partial charge in [-0.15, -0.1) is 11.3 Å². The number of hydrogen-bond acceptors (Lipinski definition) is 4. The highest BCUT2D eigenvalue weighted by molar-refractivity contribution is 7.09. The SMILES string of the molecule is CCn1c(=O)c2[nH]c(Cc3c(F)cccc3F)nc2n(Cc2cccs2)c1=O. The van der Waals surface area contributed by atoms with Gasteiger partial charge in [0, 0.05) is 23.4 Å². The van der Waals surface area contributed by atoms with Crippen molar-refractivity contribution in [2.75, 3.05) is 0 Å². The lowest BCUT2D eigenvalue weighted by atomic mass is 10.1. The van der Waals surface area contributed by atoms with Crippen molar-refractivity contribution in [2.45, 2.75) is 26.4 Å². The molecule has 6 nitrogen and oxygen atoms in total. The molecule has 0 spiro atoms. The smallest absolute Gasteiger partial charge is 0.333 e. The van der Waals surface area contributed by atoms with Crippen LogP contribution in [0.15, 0.2) is 45.3 Å². The number of fused-ring (bicyclic) bond motifs is 1. The van der Waals surface area contributed by atoms with E-state index in [1.54, 1.807) is 6.92 Å². The summed E-state index contributed by atoms with van der Waals surface area (Å²) in [5.74, 6) is -1.17. The maximum absolute atomic E-state index is 14.0. The van der Waals surface area contributed by atoms with Crippen LogP contribution < -0.4 is 11.2 Å². The Hall–Kier alpha value is -3.07. The van der Waals surface area contributed by atoms with Crippen LogP contribution in [0.3, 0.4) is 0 Å². The van der Waals surface area contributed by atoms with Gasteiger partial charge in [0.05, 0.1) is 6.54 Å². The molecule has 0 aliphatic carbocycles. The number of rotatable bonds is 5. The van der Waals surface area contributed by atoms with Gasteiger partial charge in [-0.3, -0.25) is 13.9 Å². The van der Waals surface area contributed by atoms with Crippen LogP contribution in [0.1, 0.15) is 23.2 Å². The van der Waals surface area contributed by atoms with E-state index < -0.39 is 22.9 Å². The zero-order valence-corrected chi connectivity index (χ0v) is 15.7. The minimum Gasteiger partial charge on any atom is -0.336 e. The fourth-order valence-electron chi connectivity index (χ4n) is 3.15. The van der Waals surface area contributed by atoms with Crippen LogP contribution in [-0.4, -0.2) is 19.1 Å². The summed E-state index contributed by atoms with van der Waals surface area (Å²) in [5.41, 5.74) is -0.796. The Bertz CT molecular complexity index is 1250. The van der Waals surface area contributed by atoms with Crippen molar-refractivity contribution in [2.24, 2.45) is 0 Å². The summed E-state index contributed by atoms with van der Waals surface area (Å²) in [6.45, 7) is 2.16. The summed E-state index contributed by atoms with van der Waals surface area (Å²) in [7, 11) is 0. The molecule has 28 heavy (non-hydrogen) atoms. The first-order valence-corrected chi connectivity index (χ1v) is 9.55. The average molecular weight is 402 g/mol. The first-order valence-electron chi connectivity index (χ1n) is 8.67. The quantitative estimate of drug-likeness (QED) is 0.558. The molecule has 0 saturated carbocycles. The Balaban J connectivity index is 1.89. The van der Waals surface area contributed by atoms with Crippen molar-refractivity contribution in [1.29, 1.82) is 0 Å². The molecule has 1 aromatic carbocycles. The summed E-state index contributed by atoms with van der Waals surface area (Å²) >= 11 is 1.48. The third-order valence-electron chi connectivity index (χ3n) is 4.53. The summed E-state index contributed by atoms with van der Waals surface area (Å²) in [6, 6.07) is 7.36. The molecule has 0 amide bonds. The van der Waals surface area contributed by atoms with Gasteiger partial charge in [0.25, 0.3) is 5.56 Å². The Morgan fingerprint density at radius 2 is 1.86 bits per heavy atom. The van der Waals surface area contributed by atoms with E-state index in [4.69, 9.17) is 0 Å². The van der Waals surface area contributed by atoms with Gasteiger partial charge < -0.3 is 4.98 Å². The predicted molar refractivity (Wildman–Crippen MR) is 103 cm³/mol. The van der Waals surface area contributed by atoms with E-state index >= 15 is 0 Å². The molecular weight excluding hydrogens is 386 g/mol. The number of benzene rings is 1. The van der Waals surface area contributed by atoms with Crippen LogP contribution in [0.4, 0.5) is 8.78 Å². The third-order valence-corrected chi connectivity index (χ3v) is 5.39. The van der Waals surface area contributed by atoms with E-state index in [1.165, 1.54) is 22.0 Å². The number of thiophene rings is 1. The van der Waals surface area contributed by atoms with Crippen molar-refractivity contribution in [3.8, 4) is 0 Å². The number of aromatic nitrogens is 4. The summed E-state index contributed by atoms with van der Waals surface area (Å²) in [4.78, 5) is 33.6. The molecule has 0 aliphatic heterocycles. The van der Waals surface area contributed by atoms with Crippen LogP contribution in [0.2, 0.25) is 0 Å². The van der Waals surface area contributed by atoms with Crippen molar-refractivity contribution in [1.82, 2.24) is 19.1 Å². The fourth-order valence-corrected chi connectivity index (χ4v) is 3.84. The molecule has 0 fully saturated rings. The zero-order valence-electron chi connectivity index (χ0n) is 14.9. The largest absolute Gasteiger partial charge is 0.336 e. The number of nitrogens with one attached hydrogen (secondary N) is 1. The maximum Gasteiger partial charge on any atom is 0.333 e. The minimum absolute atomic E-state index is 0.143. The monoisotopic (exact) mass is 402 g/mol. The average Bonchev–Trinajstić information content (AvgIpc) is 3.32. The number of imidazole rings is 1. The number of nitrogens with zero attached hydrogens (tertiary/aromatic N) is 3. The highest BCUT2D eigenvalue weighted by Gasteiger charge is 2.19. The molecule has 3 heterocycles. The van der Waals surface area contributed by atoms with Gasteiger partial charge in [-0.2, -0.15) is 0 Å². The van der Waals surface area contributed by atoms with Crippen molar-refractivity contribution in [3.05, 3.63) is 84.4 Å². The standard InChI is InChI=1S/C19H16F2N4O2S/c1-2-24-18(26)16-17(25(19(24)27)10-11-5-4-8-28-11)23-15(22-16)9-12-13(20)6-3-7-14(12)21/h3-8H,2,9-10H2,1H3,(H,22,23). The fraction of sp³-hybridized carbons (Fsp3) is 0.211. The second-order valence-electron chi connectivity index (χ2n) is 6.26. The lowest BCUT2D eigenvalue weighted by Crippen LogP contribution is -2.39. The molecule has 3 aromatic heterocycles. The van der Waals surface area contributed by atoms with E-state index in [0.717, 1.165) is 21.6 Å². The molecule has 0 unspecified atom stereocenters. The number of halogens is 2. The second-order valence-corrected chi connectivity index (χ2v) is 7.29. The van der Waals surface area contributed by atoms with Gasteiger partial charge >= 0.3 is 5.69 Å². The molecular formula is C19H16F2N4O2S. The lowest BCUT2D eigenvalue weighted by Gasteiger charge is -2.08. The predicted octanol–water partition coefficient (Wildman–Crippen LogP) is 2.89. The van der Waals surface area contributed by atoms with Gasteiger partial charge in [-0.25, -0.2) is 18.6 Å². The van der Waals surface area contributed by atoms with Crippen molar-refractivity contribution >= 4 is 22.5 Å². The van der Waals surface area contributed by atoms with E-state index in [9.17, 15) is 18.4 Å². The molecule has 0 aliphatic rings. The zero-order chi connectivity index (χ0) is 19.8. The van der Waals surface area contributed by atoms with Crippen molar-refractivity contribution in [3.63, 3.8) is 0 Å². The molecule has 4 rings (SSSR count). The highest BCUT2D eigenvalue weighted by atomic mass is 32.1. The van der Waals surface area contributed by atoms with Gasteiger partial charge in [0.15, 0.2) is 5.65 Å². The van der Waals surface area contributed by atoms with Crippen molar-refractivity contribution < 1.29 is 8.78 Å². The molecule has 9 heteroatoms. The van der Waals surface area contributed by atoms with Gasteiger partial charge in [0.1, 0.15) is 23.0 Å². The molecule has 0 atom stereocenters. The van der Waals surface area contributed by atoms with Gasteiger partial charge in [-0.1, -0.05) is 12.1 Å². The van der Waals surface area contributed by atoms with Gasteiger partial charge in [0.2, 0.25) is 0 Å². The Labute approximate surface area is 161 Å². The molecule has 0 radical (unpaired) electrons. The number of hydrogen-bond donors (Lipinski definition) is 1. The topological polar surface area (TPSA) is 72.7 Å². The number of H-pyrrole nitrogens is 1. The Kier molecular flexibility index (Phi) is 4.68. The van der Waals surface area contributed by atoms with Crippen LogP contribution in [0.5, 0.6) is 0 Å². The van der Waals surface area contributed by atoms with Crippen LogP contribution in [0.25, 0.3) is 11.2 Å². The molecule has 4 aromatic rings. The molecule has 1 N–H and O–H groups in total. The first kappa shape index (κ1) is 18.3. The lowest BCUT2D eigenvalue weighted by molar-refractivity contribution is 0.559. The third kappa shape index (κ3) is 3.07. The minimum atomic E-state index is -0.692. The van der Waals surface area contributed by atoms with E-state index in [-0.39, 0.29) is 42.1 Å². The normalized spacial score (nSPS) is 11.4. The van der Waals surface area contributed by atoms with E-state index in [2.05, 4.69) is 9.97 Å². The first-order chi connectivity index (χ1) is 13.5. The molecule has 0 bridgehead atoms. The Morgan fingerprint density at radius 3 is 2.50 bits per heavy atom. The summed E-state index contributed by atoms with van der Waals surface area (Å²) in [6.07, 6.45) is -0.161. The molecule has 0 saturated heterocycles. The van der Waals surface area contributed by atoms with Crippen LogP contribution in [-0.2, 0) is 19.5 Å². The second kappa shape index (κ2) is 7.16. The summed E-state index contributed by atoms with van der Waals surface area (Å²) in [5, 5.41) is 1.89. The van der Waals surface area contributed by atoms with Crippen LogP contribution in [0, 0.1) is 11.6 Å². The van der Waals surface area contributed by atoms with E-state index in [0.29, 0.717) is 0 Å². The number of aromatic amines is 1. The summed E-state index contributed by atoms with van der Waals surface area (Å²) < 4.78 is 30.5. The molecule has 144 valence electrons. The maximum atomic E-state index is 14.0. The van der Waals surface area contributed by atoms with E-state index in [1.807, 2.05) is 17.5 Å². The highest BCUT2D eigenvalue weighted by Crippen LogP contribution is 2.18.